The van der Waals surface area contributed by atoms with Crippen molar-refractivity contribution in [2.75, 3.05) is 0 Å². The Morgan fingerprint density at radius 3 is 1.88 bits per heavy atom. The maximum Gasteiger partial charge on any atom is 0.432 e. The third-order valence-corrected chi connectivity index (χ3v) is 0.201. The second-order valence-corrected chi connectivity index (χ2v) is 0.748. The minimum absolute atomic E-state index is 0.481. The van der Waals surface area contributed by atoms with Crippen LogP contribution < -0.4 is 5.73 Å². The number of amides is 1. The molecule has 1 amide bonds. The molecule has 0 heterocycles. The number of hydrogen-bond acceptors (Lipinski definition) is 3. The van der Waals surface area contributed by atoms with Gasteiger partial charge in [-0.05, 0) is 6.08 Å². The first kappa shape index (κ1) is 10.2. The zero-order chi connectivity index (χ0) is 6.99. The maximum absolute atomic E-state index is 9.47. The fraction of sp³-hybridized carbons (Fsp3) is 0. The van der Waals surface area contributed by atoms with E-state index in [4.69, 9.17) is 10.0 Å². The summed E-state index contributed by atoms with van der Waals surface area (Å²) in [5.74, 6) is -0.481. The van der Waals surface area contributed by atoms with Crippen molar-refractivity contribution in [3.8, 4) is 0 Å². The summed E-state index contributed by atoms with van der Waals surface area (Å²) in [6.07, 6.45) is 1.06. The standard InChI is InChI=1S/C3H5NO.BH3O2/c1-2-3(4)5;2-1-3/h2H,1H2,(H2,4,5);1-3H. The van der Waals surface area contributed by atoms with Crippen LogP contribution in [0, 0.1) is 0 Å². The Balaban J connectivity index is 0. The van der Waals surface area contributed by atoms with Gasteiger partial charge in [-0.25, -0.2) is 0 Å². The van der Waals surface area contributed by atoms with Crippen LogP contribution in [-0.4, -0.2) is 23.6 Å². The highest BCUT2D eigenvalue weighted by Crippen LogP contribution is 1.48. The molecule has 0 radical (unpaired) electrons. The third kappa shape index (κ3) is 64.0. The van der Waals surface area contributed by atoms with Crippen LogP contribution in [0.4, 0.5) is 0 Å². The number of rotatable bonds is 1. The van der Waals surface area contributed by atoms with E-state index in [1.165, 1.54) is 0 Å². The second-order valence-electron chi connectivity index (χ2n) is 0.748. The van der Waals surface area contributed by atoms with Gasteiger partial charge in [-0.15, -0.1) is 0 Å². The fourth-order valence-corrected chi connectivity index (χ4v) is 0. The van der Waals surface area contributed by atoms with Crippen LogP contribution >= 0.6 is 0 Å². The predicted octanol–water partition coefficient (Wildman–Crippen LogP) is -2.10. The van der Waals surface area contributed by atoms with Gasteiger partial charge in [0.15, 0.2) is 0 Å². The van der Waals surface area contributed by atoms with Crippen LogP contribution in [0.5, 0.6) is 0 Å². The largest absolute Gasteiger partial charge is 0.432 e. The molecule has 0 saturated heterocycles. The van der Waals surface area contributed by atoms with Gasteiger partial charge in [0, 0.05) is 0 Å². The minimum atomic E-state index is -0.750. The van der Waals surface area contributed by atoms with E-state index < -0.39 is 13.6 Å². The molecule has 0 atom stereocenters. The van der Waals surface area contributed by atoms with Gasteiger partial charge in [0.25, 0.3) is 0 Å². The SMILES string of the molecule is C=CC(N)=O.OBO. The van der Waals surface area contributed by atoms with Crippen molar-refractivity contribution in [3.05, 3.63) is 12.7 Å². The van der Waals surface area contributed by atoms with Gasteiger partial charge in [0.05, 0.1) is 0 Å². The molecule has 0 rings (SSSR count). The molecule has 0 aliphatic carbocycles. The van der Waals surface area contributed by atoms with Crippen LogP contribution in [0.15, 0.2) is 12.7 Å². The van der Waals surface area contributed by atoms with Crippen molar-refractivity contribution >= 4 is 13.6 Å². The summed E-state index contributed by atoms with van der Waals surface area (Å²) in [5, 5.41) is 14.2. The van der Waals surface area contributed by atoms with Crippen molar-refractivity contribution in [2.45, 2.75) is 0 Å². The summed E-state index contributed by atoms with van der Waals surface area (Å²) in [5.41, 5.74) is 4.53. The summed E-state index contributed by atoms with van der Waals surface area (Å²) >= 11 is 0. The van der Waals surface area contributed by atoms with E-state index in [9.17, 15) is 4.79 Å². The first-order valence-electron chi connectivity index (χ1n) is 1.82. The van der Waals surface area contributed by atoms with Crippen molar-refractivity contribution in [1.29, 1.82) is 0 Å². The average molecular weight is 117 g/mol. The van der Waals surface area contributed by atoms with Crippen molar-refractivity contribution < 1.29 is 14.8 Å². The normalized spacial score (nSPS) is 5.75. The Morgan fingerprint density at radius 2 is 1.88 bits per heavy atom. The molecule has 4 N–H and O–H groups in total. The molecule has 46 valence electrons. The zero-order valence-corrected chi connectivity index (χ0v) is 4.37. The first-order valence-corrected chi connectivity index (χ1v) is 1.82. The summed E-state index contributed by atoms with van der Waals surface area (Å²) in [6.45, 7) is 3.09. The molecule has 0 aromatic heterocycles. The van der Waals surface area contributed by atoms with Gasteiger partial charge in [-0.1, -0.05) is 6.58 Å². The lowest BCUT2D eigenvalue weighted by atomic mass is 10.5. The third-order valence-electron chi connectivity index (χ3n) is 0.201. The van der Waals surface area contributed by atoms with Crippen molar-refractivity contribution in [3.63, 3.8) is 0 Å². The van der Waals surface area contributed by atoms with E-state index in [0.29, 0.717) is 0 Å². The number of primary amides is 1. The molecule has 4 nitrogen and oxygen atoms in total. The highest BCUT2D eigenvalue weighted by Gasteiger charge is 1.69. The molecule has 0 fully saturated rings. The Bertz CT molecular complexity index is 74.9. The fourth-order valence-electron chi connectivity index (χ4n) is 0. The lowest BCUT2D eigenvalue weighted by molar-refractivity contribution is -0.113. The topological polar surface area (TPSA) is 83.6 Å². The van der Waals surface area contributed by atoms with Crippen molar-refractivity contribution in [1.82, 2.24) is 0 Å². The van der Waals surface area contributed by atoms with Crippen LogP contribution in [0.3, 0.4) is 0 Å². The lowest BCUT2D eigenvalue weighted by Crippen LogP contribution is -2.04. The monoisotopic (exact) mass is 117 g/mol. The van der Waals surface area contributed by atoms with Gasteiger partial charge in [-0.3, -0.25) is 4.79 Å². The van der Waals surface area contributed by atoms with Crippen LogP contribution in [-0.2, 0) is 4.79 Å². The molecule has 8 heavy (non-hydrogen) atoms. The quantitative estimate of drug-likeness (QED) is 0.271. The zero-order valence-electron chi connectivity index (χ0n) is 4.37. The van der Waals surface area contributed by atoms with E-state index >= 15 is 0 Å². The van der Waals surface area contributed by atoms with Crippen LogP contribution in [0.1, 0.15) is 0 Å². The van der Waals surface area contributed by atoms with Gasteiger partial charge in [0.2, 0.25) is 5.91 Å². The van der Waals surface area contributed by atoms with Gasteiger partial charge in [0.1, 0.15) is 0 Å². The number of nitrogens with two attached hydrogens (primary N) is 1. The molecule has 0 aromatic carbocycles. The molecule has 0 unspecified atom stereocenters. The van der Waals surface area contributed by atoms with Crippen LogP contribution in [0.25, 0.3) is 0 Å². The minimum Gasteiger partial charge on any atom is -0.430 e. The average Bonchev–Trinajstić information content (AvgIpc) is 1.69. The lowest BCUT2D eigenvalue weighted by Gasteiger charge is -1.65. The number of carbonyl (C=O) groups excluding carboxylic acids is 1. The Morgan fingerprint density at radius 1 is 1.75 bits per heavy atom. The summed E-state index contributed by atoms with van der Waals surface area (Å²) < 4.78 is 0. The number of hydrogen-bond donors (Lipinski definition) is 3. The van der Waals surface area contributed by atoms with Crippen LogP contribution in [0.2, 0.25) is 0 Å². The summed E-state index contributed by atoms with van der Waals surface area (Å²) in [4.78, 5) is 9.47. The van der Waals surface area contributed by atoms with E-state index in [0.717, 1.165) is 6.08 Å². The van der Waals surface area contributed by atoms with Gasteiger partial charge >= 0.3 is 7.69 Å². The first-order chi connectivity index (χ1) is 3.68. The molecule has 0 aliphatic heterocycles. The van der Waals surface area contributed by atoms with E-state index in [1.54, 1.807) is 0 Å². The molecule has 0 saturated carbocycles. The smallest absolute Gasteiger partial charge is 0.430 e. The maximum atomic E-state index is 9.47. The van der Waals surface area contributed by atoms with Gasteiger partial charge in [-0.2, -0.15) is 0 Å². The Labute approximate surface area is 47.9 Å². The molecule has 0 aromatic rings. The highest BCUT2D eigenvalue weighted by molar-refractivity contribution is 6.13. The summed E-state index contributed by atoms with van der Waals surface area (Å²) in [7, 11) is -0.750. The van der Waals surface area contributed by atoms with E-state index in [1.807, 2.05) is 0 Å². The molecule has 0 spiro atoms. The molecule has 0 bridgehead atoms. The molecular formula is C3H8BNO3. The van der Waals surface area contributed by atoms with Crippen molar-refractivity contribution in [2.24, 2.45) is 5.73 Å². The second kappa shape index (κ2) is 9.50. The Hall–Kier alpha value is -0.805. The van der Waals surface area contributed by atoms with E-state index in [2.05, 4.69) is 12.3 Å². The number of carbonyl (C=O) groups is 1. The Kier molecular flexibility index (Phi) is 12.2. The van der Waals surface area contributed by atoms with E-state index in [-0.39, 0.29) is 0 Å². The highest BCUT2D eigenvalue weighted by atomic mass is 16.4. The molecular weight excluding hydrogens is 109 g/mol. The van der Waals surface area contributed by atoms with Gasteiger partial charge < -0.3 is 15.8 Å². The predicted molar refractivity (Wildman–Crippen MR) is 31.0 cm³/mol. The summed E-state index contributed by atoms with van der Waals surface area (Å²) in [6, 6.07) is 0. The molecule has 0 aliphatic rings. The molecule has 5 heteroatoms.